The normalized spacial score (nSPS) is 27.3. The summed E-state index contributed by atoms with van der Waals surface area (Å²) in [6, 6.07) is 0.998. The van der Waals surface area contributed by atoms with E-state index in [1.165, 1.54) is 6.42 Å². The summed E-state index contributed by atoms with van der Waals surface area (Å²) in [4.78, 5) is 0. The summed E-state index contributed by atoms with van der Waals surface area (Å²) < 4.78 is 5.61. The summed E-state index contributed by atoms with van der Waals surface area (Å²) in [6.07, 6.45) is 2.64. The van der Waals surface area contributed by atoms with Crippen molar-refractivity contribution < 1.29 is 4.74 Å². The van der Waals surface area contributed by atoms with E-state index in [-0.39, 0.29) is 6.10 Å². The molecule has 2 heteroatoms. The highest BCUT2D eigenvalue weighted by Crippen LogP contribution is 2.23. The average molecular weight is 197 g/mol. The van der Waals surface area contributed by atoms with Crippen LogP contribution in [0.4, 0.5) is 0 Å². The van der Waals surface area contributed by atoms with E-state index in [0.29, 0.717) is 18.0 Å². The molecule has 0 aromatic rings. The Kier molecular flexibility index (Phi) is 3.99. The molecule has 1 aliphatic rings. The topological polar surface area (TPSA) is 21.3 Å². The third-order valence-electron chi connectivity index (χ3n) is 2.76. The van der Waals surface area contributed by atoms with Gasteiger partial charge in [0.2, 0.25) is 0 Å². The lowest BCUT2D eigenvalue weighted by Crippen LogP contribution is -2.34. The monoisotopic (exact) mass is 197 g/mol. The smallest absolute Gasteiger partial charge is 0.106 e. The lowest BCUT2D eigenvalue weighted by Gasteiger charge is -2.20. The molecular weight excluding hydrogens is 174 g/mol. The van der Waals surface area contributed by atoms with Gasteiger partial charge in [-0.1, -0.05) is 20.4 Å². The van der Waals surface area contributed by atoms with Crippen LogP contribution < -0.4 is 5.32 Å². The van der Waals surface area contributed by atoms with Gasteiger partial charge < -0.3 is 10.1 Å². The maximum absolute atomic E-state index is 5.61. The van der Waals surface area contributed by atoms with E-state index in [1.807, 2.05) is 13.8 Å². The molecule has 2 unspecified atom stereocenters. The van der Waals surface area contributed by atoms with E-state index in [2.05, 4.69) is 25.7 Å². The van der Waals surface area contributed by atoms with Gasteiger partial charge in [-0.25, -0.2) is 0 Å². The molecule has 1 saturated heterocycles. The number of hydrogen-bond donors (Lipinski definition) is 1. The molecule has 1 fully saturated rings. The van der Waals surface area contributed by atoms with Crippen LogP contribution in [0, 0.1) is 5.92 Å². The molecular formula is C12H23NO. The standard InChI is InChI=1S/C12H23NO/c1-8(2)11-6-7-12(13-11)10(5)14-9(3)4/h8-9,11-13H,5-7H2,1-4H3. The Morgan fingerprint density at radius 3 is 2.36 bits per heavy atom. The zero-order valence-corrected chi connectivity index (χ0v) is 9.84. The fourth-order valence-electron chi connectivity index (χ4n) is 1.94. The molecule has 0 bridgehead atoms. The van der Waals surface area contributed by atoms with Crippen molar-refractivity contribution in [1.29, 1.82) is 0 Å². The zero-order chi connectivity index (χ0) is 10.7. The quantitative estimate of drug-likeness (QED) is 0.700. The molecule has 2 nitrogen and oxygen atoms in total. The summed E-state index contributed by atoms with van der Waals surface area (Å²) in [7, 11) is 0. The molecule has 2 atom stereocenters. The largest absolute Gasteiger partial charge is 0.494 e. The number of ether oxygens (including phenoxy) is 1. The van der Waals surface area contributed by atoms with E-state index in [4.69, 9.17) is 4.74 Å². The van der Waals surface area contributed by atoms with Crippen molar-refractivity contribution in [3.05, 3.63) is 12.3 Å². The van der Waals surface area contributed by atoms with Crippen molar-refractivity contribution in [1.82, 2.24) is 5.32 Å². The Balaban J connectivity index is 2.38. The second-order valence-corrected chi connectivity index (χ2v) is 4.78. The van der Waals surface area contributed by atoms with Crippen LogP contribution in [0.2, 0.25) is 0 Å². The van der Waals surface area contributed by atoms with Crippen LogP contribution >= 0.6 is 0 Å². The molecule has 82 valence electrons. The highest BCUT2D eigenvalue weighted by atomic mass is 16.5. The molecule has 0 aliphatic carbocycles. The lowest BCUT2D eigenvalue weighted by molar-refractivity contribution is 0.130. The maximum atomic E-state index is 5.61. The Labute approximate surface area is 87.7 Å². The van der Waals surface area contributed by atoms with Crippen LogP contribution in [0.3, 0.4) is 0 Å². The molecule has 0 aromatic heterocycles. The predicted molar refractivity (Wildman–Crippen MR) is 60.1 cm³/mol. The Morgan fingerprint density at radius 1 is 1.29 bits per heavy atom. The third-order valence-corrected chi connectivity index (χ3v) is 2.76. The first-order chi connectivity index (χ1) is 6.50. The molecule has 14 heavy (non-hydrogen) atoms. The van der Waals surface area contributed by atoms with Crippen LogP contribution in [-0.2, 0) is 4.74 Å². The van der Waals surface area contributed by atoms with Crippen LogP contribution in [-0.4, -0.2) is 18.2 Å². The van der Waals surface area contributed by atoms with Crippen molar-refractivity contribution in [3.8, 4) is 0 Å². The lowest BCUT2D eigenvalue weighted by atomic mass is 10.0. The highest BCUT2D eigenvalue weighted by molar-refractivity contribution is 5.03. The van der Waals surface area contributed by atoms with E-state index in [0.717, 1.165) is 12.2 Å². The number of hydrogen-bond acceptors (Lipinski definition) is 2. The molecule has 0 spiro atoms. The summed E-state index contributed by atoms with van der Waals surface area (Å²) in [5.74, 6) is 1.61. The van der Waals surface area contributed by atoms with Gasteiger partial charge in [0.25, 0.3) is 0 Å². The van der Waals surface area contributed by atoms with Gasteiger partial charge in [-0.15, -0.1) is 0 Å². The van der Waals surface area contributed by atoms with Crippen LogP contribution in [0.25, 0.3) is 0 Å². The fraction of sp³-hybridized carbons (Fsp3) is 0.833. The first-order valence-electron chi connectivity index (χ1n) is 5.62. The molecule has 0 aromatic carbocycles. The fourth-order valence-corrected chi connectivity index (χ4v) is 1.94. The first kappa shape index (κ1) is 11.6. The van der Waals surface area contributed by atoms with Crippen molar-refractivity contribution in [2.45, 2.75) is 58.7 Å². The number of rotatable bonds is 4. The van der Waals surface area contributed by atoms with Crippen LogP contribution in [0.15, 0.2) is 12.3 Å². The first-order valence-corrected chi connectivity index (χ1v) is 5.62. The van der Waals surface area contributed by atoms with Gasteiger partial charge in [-0.2, -0.15) is 0 Å². The molecule has 1 heterocycles. The van der Waals surface area contributed by atoms with Gasteiger partial charge in [-0.3, -0.25) is 0 Å². The summed E-state index contributed by atoms with van der Waals surface area (Å²) in [5, 5.41) is 3.57. The summed E-state index contributed by atoms with van der Waals surface area (Å²) in [5.41, 5.74) is 0. The van der Waals surface area contributed by atoms with Crippen LogP contribution in [0.5, 0.6) is 0 Å². The van der Waals surface area contributed by atoms with Gasteiger partial charge in [0, 0.05) is 6.04 Å². The Hall–Kier alpha value is -0.500. The maximum Gasteiger partial charge on any atom is 0.106 e. The van der Waals surface area contributed by atoms with Gasteiger partial charge in [0.15, 0.2) is 0 Å². The van der Waals surface area contributed by atoms with Crippen LogP contribution in [0.1, 0.15) is 40.5 Å². The van der Waals surface area contributed by atoms with Crippen molar-refractivity contribution in [2.75, 3.05) is 0 Å². The molecule has 0 saturated carbocycles. The predicted octanol–water partition coefficient (Wildman–Crippen LogP) is 2.70. The second-order valence-electron chi connectivity index (χ2n) is 4.78. The Bertz CT molecular complexity index is 198. The zero-order valence-electron chi connectivity index (χ0n) is 9.84. The minimum atomic E-state index is 0.238. The minimum absolute atomic E-state index is 0.238. The van der Waals surface area contributed by atoms with E-state index in [1.54, 1.807) is 0 Å². The van der Waals surface area contributed by atoms with E-state index < -0.39 is 0 Å². The Morgan fingerprint density at radius 2 is 1.93 bits per heavy atom. The third kappa shape index (κ3) is 3.02. The average Bonchev–Trinajstić information content (AvgIpc) is 2.50. The molecule has 1 N–H and O–H groups in total. The molecule has 1 rings (SSSR count). The SMILES string of the molecule is C=C(OC(C)C)C1CCC(C(C)C)N1. The summed E-state index contributed by atoms with van der Waals surface area (Å²) >= 11 is 0. The van der Waals surface area contributed by atoms with Gasteiger partial charge in [0.1, 0.15) is 5.76 Å². The van der Waals surface area contributed by atoms with Crippen molar-refractivity contribution >= 4 is 0 Å². The minimum Gasteiger partial charge on any atom is -0.494 e. The van der Waals surface area contributed by atoms with Gasteiger partial charge in [-0.05, 0) is 32.6 Å². The number of nitrogens with one attached hydrogen (secondary N) is 1. The molecule has 0 amide bonds. The second kappa shape index (κ2) is 4.83. The van der Waals surface area contributed by atoms with E-state index in [9.17, 15) is 0 Å². The highest BCUT2D eigenvalue weighted by Gasteiger charge is 2.28. The van der Waals surface area contributed by atoms with Gasteiger partial charge >= 0.3 is 0 Å². The molecule has 1 aliphatic heterocycles. The van der Waals surface area contributed by atoms with Gasteiger partial charge in [0.05, 0.1) is 12.1 Å². The summed E-state index contributed by atoms with van der Waals surface area (Å²) in [6.45, 7) is 12.6. The van der Waals surface area contributed by atoms with Crippen molar-refractivity contribution in [2.24, 2.45) is 5.92 Å². The molecule has 0 radical (unpaired) electrons. The van der Waals surface area contributed by atoms with E-state index >= 15 is 0 Å². The van der Waals surface area contributed by atoms with Crippen molar-refractivity contribution in [3.63, 3.8) is 0 Å².